The first-order chi connectivity index (χ1) is 10.6. The predicted octanol–water partition coefficient (Wildman–Crippen LogP) is 0.141. The largest absolute Gasteiger partial charge is 0.372 e. The van der Waals surface area contributed by atoms with Crippen LogP contribution in [0.4, 0.5) is 0 Å². The van der Waals surface area contributed by atoms with Crippen molar-refractivity contribution in [3.05, 3.63) is 17.4 Å². The SMILES string of the molecule is CC(=O)NC1CO[C@H]2CN(CCn3cc(Cl)cn3)C[C@@H]2OC1. The predicted molar refractivity (Wildman–Crippen MR) is 80.8 cm³/mol. The number of rotatable bonds is 4. The smallest absolute Gasteiger partial charge is 0.217 e. The van der Waals surface area contributed by atoms with E-state index in [1.807, 2.05) is 10.9 Å². The summed E-state index contributed by atoms with van der Waals surface area (Å²) in [6.07, 6.45) is 3.60. The van der Waals surface area contributed by atoms with Crippen molar-refractivity contribution in [2.24, 2.45) is 0 Å². The molecule has 1 N–H and O–H groups in total. The van der Waals surface area contributed by atoms with Crippen molar-refractivity contribution in [1.82, 2.24) is 20.0 Å². The second-order valence-corrected chi connectivity index (χ2v) is 6.26. The molecule has 7 nitrogen and oxygen atoms in total. The Bertz CT molecular complexity index is 508. The number of hydrogen-bond donors (Lipinski definition) is 1. The van der Waals surface area contributed by atoms with Crippen molar-refractivity contribution in [2.45, 2.75) is 31.7 Å². The van der Waals surface area contributed by atoms with Crippen LogP contribution in [-0.2, 0) is 20.8 Å². The monoisotopic (exact) mass is 328 g/mol. The summed E-state index contributed by atoms with van der Waals surface area (Å²) < 4.78 is 13.6. The zero-order chi connectivity index (χ0) is 15.5. The van der Waals surface area contributed by atoms with Crippen LogP contribution in [0.25, 0.3) is 0 Å². The lowest BCUT2D eigenvalue weighted by atomic mass is 10.3. The molecule has 1 aromatic heterocycles. The Morgan fingerprint density at radius 1 is 1.36 bits per heavy atom. The summed E-state index contributed by atoms with van der Waals surface area (Å²) in [7, 11) is 0. The van der Waals surface area contributed by atoms with E-state index in [0.29, 0.717) is 18.2 Å². The molecule has 2 saturated heterocycles. The van der Waals surface area contributed by atoms with Crippen molar-refractivity contribution in [1.29, 1.82) is 0 Å². The summed E-state index contributed by atoms with van der Waals surface area (Å²) in [4.78, 5) is 13.4. The van der Waals surface area contributed by atoms with Crippen LogP contribution < -0.4 is 5.32 Å². The molecule has 2 fully saturated rings. The third-order valence-corrected chi connectivity index (χ3v) is 4.16. The Labute approximate surface area is 134 Å². The molecule has 1 amide bonds. The molecule has 0 bridgehead atoms. The van der Waals surface area contributed by atoms with E-state index in [-0.39, 0.29) is 24.2 Å². The van der Waals surface area contributed by atoms with Crippen LogP contribution in [0.1, 0.15) is 6.92 Å². The Kier molecular flexibility index (Phi) is 4.97. The molecular formula is C14H21ClN4O3. The number of fused-ring (bicyclic) bond motifs is 1. The van der Waals surface area contributed by atoms with Crippen LogP contribution in [-0.4, -0.2) is 71.7 Å². The Balaban J connectivity index is 1.46. The molecule has 0 aromatic carbocycles. The molecule has 0 radical (unpaired) electrons. The summed E-state index contributed by atoms with van der Waals surface area (Å²) in [5.41, 5.74) is 0. The fraction of sp³-hybridized carbons (Fsp3) is 0.714. The highest BCUT2D eigenvalue weighted by atomic mass is 35.5. The maximum atomic E-state index is 11.1. The lowest BCUT2D eigenvalue weighted by Crippen LogP contribution is -2.40. The minimum absolute atomic E-state index is 0.0521. The standard InChI is InChI=1S/C14H21ClN4O3/c1-10(20)17-12-8-21-13-6-18(7-14(13)22-9-12)2-3-19-5-11(15)4-16-19/h4-5,12-14H,2-3,6-9H2,1H3,(H,17,20)/t13-,14-/m0/s1. The van der Waals surface area contributed by atoms with Gasteiger partial charge in [0.05, 0.1) is 49.2 Å². The maximum absolute atomic E-state index is 11.1. The molecule has 1 aromatic rings. The maximum Gasteiger partial charge on any atom is 0.217 e. The van der Waals surface area contributed by atoms with Crippen LogP contribution in [0.5, 0.6) is 0 Å². The van der Waals surface area contributed by atoms with E-state index in [1.54, 1.807) is 6.20 Å². The van der Waals surface area contributed by atoms with E-state index in [0.717, 1.165) is 26.2 Å². The first-order valence-corrected chi connectivity index (χ1v) is 7.88. The molecule has 22 heavy (non-hydrogen) atoms. The van der Waals surface area contributed by atoms with E-state index >= 15 is 0 Å². The Hall–Kier alpha value is -1.15. The number of amides is 1. The first kappa shape index (κ1) is 15.7. The highest BCUT2D eigenvalue weighted by Gasteiger charge is 2.37. The lowest BCUT2D eigenvalue weighted by molar-refractivity contribution is -0.120. The fourth-order valence-electron chi connectivity index (χ4n) is 2.92. The number of halogens is 1. The lowest BCUT2D eigenvalue weighted by Gasteiger charge is -2.18. The van der Waals surface area contributed by atoms with E-state index < -0.39 is 0 Å². The van der Waals surface area contributed by atoms with Gasteiger partial charge in [0.25, 0.3) is 0 Å². The van der Waals surface area contributed by atoms with Crippen LogP contribution in [0.3, 0.4) is 0 Å². The molecule has 0 aliphatic carbocycles. The van der Waals surface area contributed by atoms with Gasteiger partial charge in [0, 0.05) is 32.8 Å². The molecule has 3 rings (SSSR count). The first-order valence-electron chi connectivity index (χ1n) is 7.51. The van der Waals surface area contributed by atoms with Gasteiger partial charge in [0.15, 0.2) is 0 Å². The van der Waals surface area contributed by atoms with Gasteiger partial charge in [-0.1, -0.05) is 11.6 Å². The highest BCUT2D eigenvalue weighted by molar-refractivity contribution is 6.30. The van der Waals surface area contributed by atoms with Crippen LogP contribution >= 0.6 is 11.6 Å². The summed E-state index contributed by atoms with van der Waals surface area (Å²) in [5.74, 6) is -0.0521. The third-order valence-electron chi connectivity index (χ3n) is 3.97. The van der Waals surface area contributed by atoms with Crippen molar-refractivity contribution in [3.63, 3.8) is 0 Å². The zero-order valence-electron chi connectivity index (χ0n) is 12.6. The highest BCUT2D eigenvalue weighted by Crippen LogP contribution is 2.20. The second kappa shape index (κ2) is 6.95. The number of aromatic nitrogens is 2. The number of carbonyl (C=O) groups excluding carboxylic acids is 1. The molecule has 3 heterocycles. The van der Waals surface area contributed by atoms with E-state index in [4.69, 9.17) is 21.1 Å². The van der Waals surface area contributed by atoms with Crippen LogP contribution in [0.15, 0.2) is 12.4 Å². The van der Waals surface area contributed by atoms with Gasteiger partial charge in [0.1, 0.15) is 0 Å². The third kappa shape index (κ3) is 3.98. The number of hydrogen-bond acceptors (Lipinski definition) is 5. The van der Waals surface area contributed by atoms with Gasteiger partial charge < -0.3 is 14.8 Å². The Morgan fingerprint density at radius 2 is 2.05 bits per heavy atom. The molecular weight excluding hydrogens is 308 g/mol. The minimum Gasteiger partial charge on any atom is -0.372 e. The minimum atomic E-state index is -0.0530. The molecule has 2 atom stereocenters. The van der Waals surface area contributed by atoms with Gasteiger partial charge >= 0.3 is 0 Å². The summed E-state index contributed by atoms with van der Waals surface area (Å²) in [6.45, 7) is 5.87. The normalized spacial score (nSPS) is 26.6. The topological polar surface area (TPSA) is 68.6 Å². The van der Waals surface area contributed by atoms with Crippen LogP contribution in [0.2, 0.25) is 5.02 Å². The number of nitrogens with one attached hydrogen (secondary N) is 1. The van der Waals surface area contributed by atoms with Gasteiger partial charge in [-0.15, -0.1) is 0 Å². The van der Waals surface area contributed by atoms with Gasteiger partial charge in [-0.25, -0.2) is 0 Å². The number of carbonyl (C=O) groups is 1. The van der Waals surface area contributed by atoms with Crippen LogP contribution in [0, 0.1) is 0 Å². The van der Waals surface area contributed by atoms with E-state index in [1.165, 1.54) is 6.92 Å². The average Bonchev–Trinajstić information content (AvgIpc) is 3.01. The fourth-order valence-corrected chi connectivity index (χ4v) is 3.08. The molecule has 122 valence electrons. The van der Waals surface area contributed by atoms with Crippen molar-refractivity contribution in [2.75, 3.05) is 32.8 Å². The zero-order valence-corrected chi connectivity index (χ0v) is 13.3. The van der Waals surface area contributed by atoms with Crippen molar-refractivity contribution < 1.29 is 14.3 Å². The summed E-state index contributed by atoms with van der Waals surface area (Å²) in [6, 6.07) is -0.0530. The molecule has 0 spiro atoms. The summed E-state index contributed by atoms with van der Waals surface area (Å²) in [5, 5.41) is 7.67. The molecule has 2 aliphatic rings. The van der Waals surface area contributed by atoms with Gasteiger partial charge in [0.2, 0.25) is 5.91 Å². The second-order valence-electron chi connectivity index (χ2n) is 5.82. The van der Waals surface area contributed by atoms with Gasteiger partial charge in [-0.2, -0.15) is 5.10 Å². The molecule has 8 heteroatoms. The van der Waals surface area contributed by atoms with E-state index in [2.05, 4.69) is 15.3 Å². The van der Waals surface area contributed by atoms with Gasteiger partial charge in [-0.05, 0) is 0 Å². The number of ether oxygens (including phenoxy) is 2. The number of likely N-dealkylation sites (tertiary alicyclic amines) is 1. The Morgan fingerprint density at radius 3 is 2.59 bits per heavy atom. The van der Waals surface area contributed by atoms with Gasteiger partial charge in [-0.3, -0.25) is 14.4 Å². The summed E-state index contributed by atoms with van der Waals surface area (Å²) >= 11 is 5.86. The van der Waals surface area contributed by atoms with E-state index in [9.17, 15) is 4.79 Å². The van der Waals surface area contributed by atoms with Crippen molar-refractivity contribution >= 4 is 17.5 Å². The average molecular weight is 329 g/mol. The molecule has 0 unspecified atom stereocenters. The number of nitrogens with zero attached hydrogens (tertiary/aromatic N) is 3. The van der Waals surface area contributed by atoms with Crippen molar-refractivity contribution in [3.8, 4) is 0 Å². The quantitative estimate of drug-likeness (QED) is 0.851. The molecule has 2 aliphatic heterocycles. The molecule has 0 saturated carbocycles.